The summed E-state index contributed by atoms with van der Waals surface area (Å²) >= 11 is 1.72. The summed E-state index contributed by atoms with van der Waals surface area (Å²) in [5, 5.41) is 1.01. The predicted molar refractivity (Wildman–Crippen MR) is 102 cm³/mol. The Morgan fingerprint density at radius 2 is 2.00 bits per heavy atom. The van der Waals surface area contributed by atoms with Gasteiger partial charge < -0.3 is 9.30 Å². The quantitative estimate of drug-likeness (QED) is 0.344. The normalized spacial score (nSPS) is 10.9. The highest BCUT2D eigenvalue weighted by atomic mass is 32.2. The van der Waals surface area contributed by atoms with Crippen LogP contribution in [0.15, 0.2) is 60.3 Å². The van der Waals surface area contributed by atoms with Gasteiger partial charge in [0.2, 0.25) is 0 Å². The van der Waals surface area contributed by atoms with Crippen LogP contribution in [0.5, 0.6) is 5.75 Å². The van der Waals surface area contributed by atoms with Gasteiger partial charge in [0.1, 0.15) is 5.75 Å². The van der Waals surface area contributed by atoms with Crippen molar-refractivity contribution in [3.8, 4) is 5.75 Å². The molecule has 0 atom stereocenters. The van der Waals surface area contributed by atoms with E-state index in [1.807, 2.05) is 36.4 Å². The summed E-state index contributed by atoms with van der Waals surface area (Å²) in [6, 6.07) is 14.4. The maximum Gasteiger partial charge on any atom is 0.169 e. The summed E-state index contributed by atoms with van der Waals surface area (Å²) in [4.78, 5) is 4.73. The molecule has 0 spiro atoms. The van der Waals surface area contributed by atoms with Crippen molar-refractivity contribution in [2.45, 2.75) is 25.5 Å². The molecule has 0 bridgehead atoms. The van der Waals surface area contributed by atoms with Crippen LogP contribution in [-0.2, 0) is 6.54 Å². The molecular formula is C20H22N2OS. The average molecular weight is 338 g/mol. The number of aryl methyl sites for hydroxylation is 1. The minimum atomic E-state index is 0.659. The van der Waals surface area contributed by atoms with E-state index in [1.165, 1.54) is 11.1 Å². The topological polar surface area (TPSA) is 27.1 Å². The Bertz CT molecular complexity index is 854. The van der Waals surface area contributed by atoms with Crippen LogP contribution in [0.4, 0.5) is 0 Å². The molecule has 3 nitrogen and oxygen atoms in total. The molecule has 1 heterocycles. The predicted octanol–water partition coefficient (Wildman–Crippen LogP) is 5.01. The number of hydrogen-bond acceptors (Lipinski definition) is 3. The maximum absolute atomic E-state index is 5.94. The number of para-hydroxylation sites is 2. The second-order valence-electron chi connectivity index (χ2n) is 5.68. The zero-order valence-corrected chi connectivity index (χ0v) is 15.0. The largest absolute Gasteiger partial charge is 0.492 e. The first-order valence-corrected chi connectivity index (χ1v) is 9.07. The van der Waals surface area contributed by atoms with Crippen molar-refractivity contribution in [2.75, 3.05) is 12.4 Å². The Labute approximate surface area is 147 Å². The summed E-state index contributed by atoms with van der Waals surface area (Å²) in [6.07, 6.45) is 1.91. The van der Waals surface area contributed by atoms with Gasteiger partial charge in [0, 0.05) is 12.3 Å². The smallest absolute Gasteiger partial charge is 0.169 e. The first-order chi connectivity index (χ1) is 11.7. The molecule has 24 heavy (non-hydrogen) atoms. The molecule has 0 unspecified atom stereocenters. The van der Waals surface area contributed by atoms with Crippen molar-refractivity contribution in [3.63, 3.8) is 0 Å². The summed E-state index contributed by atoms with van der Waals surface area (Å²) < 4.78 is 8.13. The van der Waals surface area contributed by atoms with E-state index in [-0.39, 0.29) is 0 Å². The zero-order valence-electron chi connectivity index (χ0n) is 14.2. The van der Waals surface area contributed by atoms with Gasteiger partial charge in [-0.15, -0.1) is 6.58 Å². The zero-order chi connectivity index (χ0) is 16.9. The molecule has 3 rings (SSSR count). The van der Waals surface area contributed by atoms with Gasteiger partial charge in [-0.25, -0.2) is 4.98 Å². The number of benzene rings is 2. The third kappa shape index (κ3) is 3.49. The monoisotopic (exact) mass is 338 g/mol. The van der Waals surface area contributed by atoms with Gasteiger partial charge in [-0.05, 0) is 43.2 Å². The molecule has 3 aromatic rings. The fourth-order valence-corrected chi connectivity index (χ4v) is 3.48. The second-order valence-corrected chi connectivity index (χ2v) is 6.74. The highest BCUT2D eigenvalue weighted by Gasteiger charge is 2.10. The molecule has 0 aliphatic rings. The Balaban J connectivity index is 1.66. The lowest BCUT2D eigenvalue weighted by Gasteiger charge is -2.11. The molecule has 0 aliphatic heterocycles. The highest BCUT2D eigenvalue weighted by molar-refractivity contribution is 7.99. The van der Waals surface area contributed by atoms with Gasteiger partial charge in [0.15, 0.2) is 5.16 Å². The number of allylic oxidation sites excluding steroid dienone is 1. The number of ether oxygens (including phenoxy) is 1. The molecule has 0 fully saturated rings. The first kappa shape index (κ1) is 16.7. The van der Waals surface area contributed by atoms with Crippen molar-refractivity contribution >= 4 is 22.8 Å². The third-order valence-electron chi connectivity index (χ3n) is 4.06. The van der Waals surface area contributed by atoms with Crippen LogP contribution in [0, 0.1) is 13.8 Å². The van der Waals surface area contributed by atoms with Crippen LogP contribution in [0.1, 0.15) is 11.1 Å². The number of nitrogens with zero attached hydrogens (tertiary/aromatic N) is 2. The maximum atomic E-state index is 5.94. The van der Waals surface area contributed by atoms with Gasteiger partial charge in [-0.2, -0.15) is 0 Å². The number of fused-ring (bicyclic) bond motifs is 1. The SMILES string of the molecule is C=CCn1c(SCCOc2cccc(C)c2C)nc2ccccc21. The second kappa shape index (κ2) is 7.58. The summed E-state index contributed by atoms with van der Waals surface area (Å²) in [5.41, 5.74) is 4.64. The minimum Gasteiger partial charge on any atom is -0.492 e. The molecule has 0 radical (unpaired) electrons. The van der Waals surface area contributed by atoms with E-state index < -0.39 is 0 Å². The molecule has 4 heteroatoms. The molecule has 2 aromatic carbocycles. The molecule has 1 aromatic heterocycles. The van der Waals surface area contributed by atoms with Gasteiger partial charge in [-0.3, -0.25) is 0 Å². The molecule has 0 saturated carbocycles. The number of aromatic nitrogens is 2. The fourth-order valence-electron chi connectivity index (χ4n) is 2.63. The van der Waals surface area contributed by atoms with Gasteiger partial charge >= 0.3 is 0 Å². The molecule has 0 aliphatic carbocycles. The van der Waals surface area contributed by atoms with Crippen molar-refractivity contribution in [1.82, 2.24) is 9.55 Å². The lowest BCUT2D eigenvalue weighted by Crippen LogP contribution is -2.04. The standard InChI is InChI=1S/C20H22N2OS/c1-4-12-22-18-10-6-5-9-17(18)21-20(22)24-14-13-23-19-11-7-8-15(2)16(19)3/h4-11H,1,12-14H2,2-3H3. The van der Waals surface area contributed by atoms with Gasteiger partial charge in [0.25, 0.3) is 0 Å². The highest BCUT2D eigenvalue weighted by Crippen LogP contribution is 2.25. The summed E-state index contributed by atoms with van der Waals surface area (Å²) in [7, 11) is 0. The Morgan fingerprint density at radius 3 is 2.83 bits per heavy atom. The van der Waals surface area contributed by atoms with E-state index in [0.29, 0.717) is 6.61 Å². The van der Waals surface area contributed by atoms with Crippen LogP contribution in [0.2, 0.25) is 0 Å². The number of thioether (sulfide) groups is 1. The van der Waals surface area contributed by atoms with Crippen LogP contribution in [-0.4, -0.2) is 21.9 Å². The first-order valence-electron chi connectivity index (χ1n) is 8.08. The van der Waals surface area contributed by atoms with Crippen LogP contribution in [0.3, 0.4) is 0 Å². The molecule has 0 N–H and O–H groups in total. The number of hydrogen-bond donors (Lipinski definition) is 0. The van der Waals surface area contributed by atoms with Gasteiger partial charge in [-0.1, -0.05) is 42.1 Å². The Morgan fingerprint density at radius 1 is 1.17 bits per heavy atom. The van der Waals surface area contributed by atoms with Crippen molar-refractivity contribution in [1.29, 1.82) is 0 Å². The average Bonchev–Trinajstić information content (AvgIpc) is 2.93. The minimum absolute atomic E-state index is 0.659. The lowest BCUT2D eigenvalue weighted by molar-refractivity contribution is 0.341. The van der Waals surface area contributed by atoms with Crippen LogP contribution < -0.4 is 4.74 Å². The molecule has 0 amide bonds. The molecule has 0 saturated heterocycles. The third-order valence-corrected chi connectivity index (χ3v) is 5.00. The van der Waals surface area contributed by atoms with E-state index in [9.17, 15) is 0 Å². The number of rotatable bonds is 7. The molecule has 124 valence electrons. The van der Waals surface area contributed by atoms with E-state index in [4.69, 9.17) is 9.72 Å². The van der Waals surface area contributed by atoms with Crippen LogP contribution >= 0.6 is 11.8 Å². The number of imidazole rings is 1. The summed E-state index contributed by atoms with van der Waals surface area (Å²) in [6.45, 7) is 9.48. The van der Waals surface area contributed by atoms with E-state index >= 15 is 0 Å². The fraction of sp³-hybridized carbons (Fsp3) is 0.250. The van der Waals surface area contributed by atoms with Crippen molar-refractivity contribution in [3.05, 3.63) is 66.2 Å². The Kier molecular flexibility index (Phi) is 5.26. The Hall–Kier alpha value is -2.20. The van der Waals surface area contributed by atoms with Crippen LogP contribution in [0.25, 0.3) is 11.0 Å². The van der Waals surface area contributed by atoms with Crippen molar-refractivity contribution in [2.24, 2.45) is 0 Å². The van der Waals surface area contributed by atoms with Gasteiger partial charge in [0.05, 0.1) is 17.6 Å². The van der Waals surface area contributed by atoms with E-state index in [2.05, 4.69) is 37.1 Å². The molecular weight excluding hydrogens is 316 g/mol. The summed E-state index contributed by atoms with van der Waals surface area (Å²) in [5.74, 6) is 1.82. The van der Waals surface area contributed by atoms with E-state index in [0.717, 1.165) is 34.2 Å². The van der Waals surface area contributed by atoms with Crippen molar-refractivity contribution < 1.29 is 4.74 Å². The lowest BCUT2D eigenvalue weighted by atomic mass is 10.1. The van der Waals surface area contributed by atoms with E-state index in [1.54, 1.807) is 11.8 Å².